The fraction of sp³-hybridized carbons (Fsp3) is 0.750. The lowest BCUT2D eigenvalue weighted by atomic mass is 10.2. The van der Waals surface area contributed by atoms with E-state index in [1.807, 2.05) is 0 Å². The summed E-state index contributed by atoms with van der Waals surface area (Å²) in [4.78, 5) is 10.6. The molecular weight excluding hydrogens is 512 g/mol. The molecule has 1 heterocycles. The molecule has 1 fully saturated rings. The molecule has 1 aliphatic rings. The summed E-state index contributed by atoms with van der Waals surface area (Å²) in [7, 11) is 0. The summed E-state index contributed by atoms with van der Waals surface area (Å²) >= 11 is 0. The molecule has 11 nitrogen and oxygen atoms in total. The SMILES string of the molecule is O=Cc1ccc(OCCOCCOCCOCCOCCOCCOCCOCCOC2CCCCO2)cc1. The monoisotopic (exact) mass is 558 g/mol. The Bertz CT molecular complexity index is 668. The average molecular weight is 559 g/mol. The smallest absolute Gasteiger partial charge is 0.157 e. The average Bonchev–Trinajstić information content (AvgIpc) is 2.98. The van der Waals surface area contributed by atoms with E-state index in [1.54, 1.807) is 24.3 Å². The Kier molecular flexibility index (Phi) is 21.8. The number of aldehydes is 1. The second-order valence-electron chi connectivity index (χ2n) is 8.49. The van der Waals surface area contributed by atoms with Crippen molar-refractivity contribution in [2.45, 2.75) is 25.6 Å². The fourth-order valence-electron chi connectivity index (χ4n) is 3.36. The van der Waals surface area contributed by atoms with Crippen LogP contribution >= 0.6 is 0 Å². The van der Waals surface area contributed by atoms with E-state index in [1.165, 1.54) is 0 Å². The summed E-state index contributed by atoms with van der Waals surface area (Å²) in [6, 6.07) is 6.94. The van der Waals surface area contributed by atoms with Gasteiger partial charge in [0.05, 0.1) is 99.1 Å². The zero-order valence-electron chi connectivity index (χ0n) is 23.1. The standard InChI is InChI=1S/C28H46O11/c29-25-26-4-6-27(7-5-26)37-23-21-35-19-17-33-15-13-31-11-9-30-10-12-32-14-16-34-18-20-36-22-24-39-28-3-1-2-8-38-28/h4-7,25,28H,1-3,8-24H2. The van der Waals surface area contributed by atoms with Gasteiger partial charge in [-0.2, -0.15) is 0 Å². The van der Waals surface area contributed by atoms with E-state index in [-0.39, 0.29) is 6.29 Å². The van der Waals surface area contributed by atoms with Crippen LogP contribution in [0.2, 0.25) is 0 Å². The predicted octanol–water partition coefficient (Wildman–Crippen LogP) is 2.54. The van der Waals surface area contributed by atoms with Crippen LogP contribution in [-0.4, -0.2) is 125 Å². The first-order valence-electron chi connectivity index (χ1n) is 13.8. The van der Waals surface area contributed by atoms with Crippen LogP contribution in [0.15, 0.2) is 24.3 Å². The summed E-state index contributed by atoms with van der Waals surface area (Å²) in [5.41, 5.74) is 0.621. The minimum Gasteiger partial charge on any atom is -0.491 e. The molecule has 224 valence electrons. The maximum absolute atomic E-state index is 10.6. The van der Waals surface area contributed by atoms with Gasteiger partial charge in [-0.3, -0.25) is 4.79 Å². The second-order valence-corrected chi connectivity index (χ2v) is 8.49. The maximum Gasteiger partial charge on any atom is 0.157 e. The first kappa shape index (κ1) is 33.5. The minimum absolute atomic E-state index is 0.0656. The van der Waals surface area contributed by atoms with Gasteiger partial charge in [0.1, 0.15) is 18.6 Å². The predicted molar refractivity (Wildman–Crippen MR) is 143 cm³/mol. The number of benzene rings is 1. The molecule has 0 bridgehead atoms. The van der Waals surface area contributed by atoms with Crippen molar-refractivity contribution in [1.29, 1.82) is 0 Å². The van der Waals surface area contributed by atoms with Gasteiger partial charge in [0.15, 0.2) is 6.29 Å². The van der Waals surface area contributed by atoms with Crippen LogP contribution in [0.5, 0.6) is 5.75 Å². The Balaban J connectivity index is 1.17. The Morgan fingerprint density at radius 1 is 0.590 bits per heavy atom. The first-order chi connectivity index (χ1) is 19.4. The zero-order chi connectivity index (χ0) is 27.5. The van der Waals surface area contributed by atoms with Crippen molar-refractivity contribution in [2.75, 3.05) is 112 Å². The number of hydrogen-bond acceptors (Lipinski definition) is 11. The van der Waals surface area contributed by atoms with Crippen LogP contribution in [0.25, 0.3) is 0 Å². The van der Waals surface area contributed by atoms with Gasteiger partial charge in [0, 0.05) is 12.2 Å². The molecule has 0 aliphatic carbocycles. The highest BCUT2D eigenvalue weighted by Crippen LogP contribution is 2.13. The van der Waals surface area contributed by atoms with Gasteiger partial charge >= 0.3 is 0 Å². The van der Waals surface area contributed by atoms with Crippen LogP contribution in [0.3, 0.4) is 0 Å². The Morgan fingerprint density at radius 2 is 1.03 bits per heavy atom. The molecule has 1 unspecified atom stereocenters. The molecule has 1 saturated heterocycles. The normalized spacial score (nSPS) is 15.4. The Hall–Kier alpha value is -1.67. The maximum atomic E-state index is 10.6. The molecule has 0 amide bonds. The van der Waals surface area contributed by atoms with Crippen molar-refractivity contribution in [2.24, 2.45) is 0 Å². The van der Waals surface area contributed by atoms with Gasteiger partial charge in [-0.25, -0.2) is 0 Å². The van der Waals surface area contributed by atoms with E-state index in [9.17, 15) is 4.79 Å². The number of hydrogen-bond donors (Lipinski definition) is 0. The van der Waals surface area contributed by atoms with E-state index in [0.717, 1.165) is 32.2 Å². The van der Waals surface area contributed by atoms with E-state index < -0.39 is 0 Å². The molecule has 0 spiro atoms. The molecule has 1 atom stereocenters. The molecule has 39 heavy (non-hydrogen) atoms. The van der Waals surface area contributed by atoms with Gasteiger partial charge in [-0.1, -0.05) is 0 Å². The van der Waals surface area contributed by atoms with Crippen molar-refractivity contribution >= 4 is 6.29 Å². The van der Waals surface area contributed by atoms with E-state index in [4.69, 9.17) is 47.4 Å². The molecule has 1 aliphatic heterocycles. The molecular formula is C28H46O11. The summed E-state index contributed by atoms with van der Waals surface area (Å²) in [5, 5.41) is 0. The van der Waals surface area contributed by atoms with Crippen molar-refractivity contribution in [3.05, 3.63) is 29.8 Å². The number of carbonyl (C=O) groups excluding carboxylic acids is 1. The van der Waals surface area contributed by atoms with Crippen molar-refractivity contribution in [3.63, 3.8) is 0 Å². The van der Waals surface area contributed by atoms with E-state index >= 15 is 0 Å². The molecule has 0 aromatic heterocycles. The van der Waals surface area contributed by atoms with Crippen molar-refractivity contribution in [1.82, 2.24) is 0 Å². The number of ether oxygens (including phenoxy) is 10. The van der Waals surface area contributed by atoms with Gasteiger partial charge in [-0.15, -0.1) is 0 Å². The summed E-state index contributed by atoms with van der Waals surface area (Å²) in [6.07, 6.45) is 3.99. The molecule has 1 aromatic carbocycles. The van der Waals surface area contributed by atoms with Gasteiger partial charge in [0.2, 0.25) is 0 Å². The third-order valence-electron chi connectivity index (χ3n) is 5.41. The molecule has 2 rings (SSSR count). The summed E-state index contributed by atoms with van der Waals surface area (Å²) in [6.45, 7) is 8.91. The van der Waals surface area contributed by atoms with Crippen molar-refractivity contribution < 1.29 is 52.2 Å². The lowest BCUT2D eigenvalue weighted by Crippen LogP contribution is -2.24. The van der Waals surface area contributed by atoms with Crippen LogP contribution in [0.4, 0.5) is 0 Å². The first-order valence-corrected chi connectivity index (χ1v) is 13.8. The highest BCUT2D eigenvalue weighted by molar-refractivity contribution is 5.74. The topological polar surface area (TPSA) is 109 Å². The van der Waals surface area contributed by atoms with Crippen LogP contribution in [-0.2, 0) is 42.6 Å². The van der Waals surface area contributed by atoms with Gasteiger partial charge in [-0.05, 0) is 43.5 Å². The Morgan fingerprint density at radius 3 is 1.44 bits per heavy atom. The minimum atomic E-state index is -0.0656. The molecule has 0 radical (unpaired) electrons. The quantitative estimate of drug-likeness (QED) is 0.117. The van der Waals surface area contributed by atoms with Crippen molar-refractivity contribution in [3.8, 4) is 5.75 Å². The third kappa shape index (κ3) is 19.9. The lowest BCUT2D eigenvalue weighted by molar-refractivity contribution is -0.169. The van der Waals surface area contributed by atoms with Crippen LogP contribution < -0.4 is 4.74 Å². The molecule has 1 aromatic rings. The number of carbonyl (C=O) groups is 1. The summed E-state index contributed by atoms with van der Waals surface area (Å²) in [5.74, 6) is 0.708. The second kappa shape index (κ2) is 25.3. The Labute approximate surface area is 232 Å². The molecule has 0 saturated carbocycles. The van der Waals surface area contributed by atoms with Gasteiger partial charge < -0.3 is 47.4 Å². The highest BCUT2D eigenvalue weighted by atomic mass is 16.7. The largest absolute Gasteiger partial charge is 0.491 e. The van der Waals surface area contributed by atoms with Gasteiger partial charge in [0.25, 0.3) is 0 Å². The molecule has 0 N–H and O–H groups in total. The molecule has 11 heteroatoms. The number of rotatable bonds is 27. The van der Waals surface area contributed by atoms with Crippen LogP contribution in [0.1, 0.15) is 29.6 Å². The lowest BCUT2D eigenvalue weighted by Gasteiger charge is -2.22. The van der Waals surface area contributed by atoms with E-state index in [0.29, 0.717) is 117 Å². The highest BCUT2D eigenvalue weighted by Gasteiger charge is 2.13. The zero-order valence-corrected chi connectivity index (χ0v) is 23.1. The van der Waals surface area contributed by atoms with E-state index in [2.05, 4.69) is 0 Å². The summed E-state index contributed by atoms with van der Waals surface area (Å²) < 4.78 is 54.9. The fourth-order valence-corrected chi connectivity index (χ4v) is 3.36. The third-order valence-corrected chi connectivity index (χ3v) is 5.41. The van der Waals surface area contributed by atoms with Crippen LogP contribution in [0, 0.1) is 0 Å².